The lowest BCUT2D eigenvalue weighted by Gasteiger charge is -2.15. The van der Waals surface area contributed by atoms with Crippen LogP contribution in [0.4, 0.5) is 5.69 Å². The lowest BCUT2D eigenvalue weighted by atomic mass is 10.0. The number of anilines is 1. The van der Waals surface area contributed by atoms with E-state index in [0.717, 1.165) is 42.1 Å². The second-order valence-corrected chi connectivity index (χ2v) is 5.92. The van der Waals surface area contributed by atoms with Gasteiger partial charge < -0.3 is 10.6 Å². The largest absolute Gasteiger partial charge is 0.326 e. The molecule has 0 radical (unpaired) electrons. The number of hydrogen-bond acceptors (Lipinski definition) is 5. The number of amides is 1. The molecule has 3 aromatic rings. The van der Waals surface area contributed by atoms with Crippen molar-refractivity contribution in [1.29, 1.82) is 0 Å². The Bertz CT molecular complexity index is 901. The summed E-state index contributed by atoms with van der Waals surface area (Å²) in [7, 11) is 0. The SMILES string of the molecule is CC(=O)Nc1ccc(-c2nn(-c3ncccn3)c3c2CNCC3)cc1. The number of fused-ring (bicyclic) bond motifs is 1. The van der Waals surface area contributed by atoms with Gasteiger partial charge in [0.15, 0.2) is 0 Å². The summed E-state index contributed by atoms with van der Waals surface area (Å²) in [6, 6.07) is 9.51. The van der Waals surface area contributed by atoms with Gasteiger partial charge >= 0.3 is 0 Å². The van der Waals surface area contributed by atoms with Gasteiger partial charge in [0.25, 0.3) is 5.95 Å². The smallest absolute Gasteiger partial charge is 0.250 e. The van der Waals surface area contributed by atoms with Crippen LogP contribution in [0.25, 0.3) is 17.2 Å². The molecular weight excluding hydrogens is 316 g/mol. The predicted octanol–water partition coefficient (Wildman–Crippen LogP) is 1.93. The maximum Gasteiger partial charge on any atom is 0.250 e. The van der Waals surface area contributed by atoms with Crippen molar-refractivity contribution < 1.29 is 4.79 Å². The fourth-order valence-electron chi connectivity index (χ4n) is 3.06. The Morgan fingerprint density at radius 1 is 1.20 bits per heavy atom. The lowest BCUT2D eigenvalue weighted by molar-refractivity contribution is -0.114. The van der Waals surface area contributed by atoms with Crippen molar-refractivity contribution in [2.45, 2.75) is 19.9 Å². The summed E-state index contributed by atoms with van der Waals surface area (Å²) < 4.78 is 1.84. The van der Waals surface area contributed by atoms with Gasteiger partial charge in [-0.3, -0.25) is 4.79 Å². The summed E-state index contributed by atoms with van der Waals surface area (Å²) in [6.45, 7) is 3.18. The average molecular weight is 334 g/mol. The van der Waals surface area contributed by atoms with E-state index in [1.165, 1.54) is 12.5 Å². The average Bonchev–Trinajstić information content (AvgIpc) is 3.02. The van der Waals surface area contributed by atoms with Crippen LogP contribution in [0.15, 0.2) is 42.7 Å². The number of carbonyl (C=O) groups excluding carboxylic acids is 1. The molecule has 2 aromatic heterocycles. The van der Waals surface area contributed by atoms with Crippen LogP contribution >= 0.6 is 0 Å². The van der Waals surface area contributed by atoms with E-state index in [9.17, 15) is 4.79 Å². The van der Waals surface area contributed by atoms with E-state index in [4.69, 9.17) is 5.10 Å². The molecule has 0 saturated carbocycles. The van der Waals surface area contributed by atoms with Crippen molar-refractivity contribution in [3.05, 3.63) is 54.0 Å². The Balaban J connectivity index is 1.77. The zero-order valence-electron chi connectivity index (χ0n) is 13.9. The molecular formula is C18H18N6O. The molecule has 7 nitrogen and oxygen atoms in total. The minimum Gasteiger partial charge on any atom is -0.326 e. The first kappa shape index (κ1) is 15.5. The van der Waals surface area contributed by atoms with Gasteiger partial charge in [0, 0.05) is 55.6 Å². The molecule has 0 aliphatic carbocycles. The fourth-order valence-corrected chi connectivity index (χ4v) is 3.06. The highest BCUT2D eigenvalue weighted by Gasteiger charge is 2.23. The molecule has 1 aliphatic rings. The maximum atomic E-state index is 11.2. The number of aromatic nitrogens is 4. The van der Waals surface area contributed by atoms with E-state index in [1.54, 1.807) is 18.5 Å². The van der Waals surface area contributed by atoms with Crippen LogP contribution in [0.3, 0.4) is 0 Å². The molecule has 0 bridgehead atoms. The Hall–Kier alpha value is -3.06. The van der Waals surface area contributed by atoms with E-state index < -0.39 is 0 Å². The van der Waals surface area contributed by atoms with Crippen LogP contribution < -0.4 is 10.6 Å². The van der Waals surface area contributed by atoms with Crippen molar-refractivity contribution in [1.82, 2.24) is 25.1 Å². The number of rotatable bonds is 3. The topological polar surface area (TPSA) is 84.7 Å². The third-order valence-corrected chi connectivity index (χ3v) is 4.15. The van der Waals surface area contributed by atoms with Crippen LogP contribution in [0.1, 0.15) is 18.2 Å². The molecule has 25 heavy (non-hydrogen) atoms. The number of carbonyl (C=O) groups is 1. The van der Waals surface area contributed by atoms with Gasteiger partial charge in [-0.2, -0.15) is 5.10 Å². The molecule has 126 valence electrons. The lowest BCUT2D eigenvalue weighted by Crippen LogP contribution is -2.25. The van der Waals surface area contributed by atoms with Crippen LogP contribution in [-0.4, -0.2) is 32.2 Å². The van der Waals surface area contributed by atoms with E-state index >= 15 is 0 Å². The minimum absolute atomic E-state index is 0.0835. The summed E-state index contributed by atoms with van der Waals surface area (Å²) in [4.78, 5) is 19.8. The first-order valence-electron chi connectivity index (χ1n) is 8.19. The van der Waals surface area contributed by atoms with Crippen molar-refractivity contribution in [2.24, 2.45) is 0 Å². The number of nitrogens with one attached hydrogen (secondary N) is 2. The van der Waals surface area contributed by atoms with E-state index in [2.05, 4.69) is 20.6 Å². The number of hydrogen-bond donors (Lipinski definition) is 2. The maximum absolute atomic E-state index is 11.2. The van der Waals surface area contributed by atoms with Crippen LogP contribution in [0.2, 0.25) is 0 Å². The van der Waals surface area contributed by atoms with E-state index in [-0.39, 0.29) is 5.91 Å². The second kappa shape index (κ2) is 6.45. The highest BCUT2D eigenvalue weighted by molar-refractivity contribution is 5.89. The van der Waals surface area contributed by atoms with Gasteiger partial charge in [-0.05, 0) is 18.2 Å². The molecule has 0 spiro atoms. The summed E-state index contributed by atoms with van der Waals surface area (Å²) in [5, 5.41) is 11.0. The Morgan fingerprint density at radius 3 is 2.68 bits per heavy atom. The molecule has 0 atom stereocenters. The first-order chi connectivity index (χ1) is 12.2. The quantitative estimate of drug-likeness (QED) is 0.764. The van der Waals surface area contributed by atoms with Gasteiger partial charge in [0.1, 0.15) is 0 Å². The van der Waals surface area contributed by atoms with Gasteiger partial charge in [-0.15, -0.1) is 0 Å². The van der Waals surface area contributed by atoms with Crippen molar-refractivity contribution in [3.63, 3.8) is 0 Å². The van der Waals surface area contributed by atoms with Gasteiger partial charge in [-0.1, -0.05) is 12.1 Å². The van der Waals surface area contributed by atoms with Crippen LogP contribution in [0.5, 0.6) is 0 Å². The molecule has 3 heterocycles. The number of benzene rings is 1. The molecule has 0 unspecified atom stereocenters. The monoisotopic (exact) mass is 334 g/mol. The summed E-state index contributed by atoms with van der Waals surface area (Å²) in [5.41, 5.74) is 5.01. The van der Waals surface area contributed by atoms with E-state index in [0.29, 0.717) is 5.95 Å². The summed E-state index contributed by atoms with van der Waals surface area (Å²) >= 11 is 0. The Labute approximate surface area is 145 Å². The van der Waals surface area contributed by atoms with Crippen molar-refractivity contribution in [3.8, 4) is 17.2 Å². The first-order valence-corrected chi connectivity index (χ1v) is 8.19. The highest BCUT2D eigenvalue weighted by Crippen LogP contribution is 2.29. The molecule has 2 N–H and O–H groups in total. The Kier molecular flexibility index (Phi) is 3.99. The number of nitrogens with zero attached hydrogens (tertiary/aromatic N) is 4. The molecule has 4 rings (SSSR count). The standard InChI is InChI=1S/C18H18N6O/c1-12(25)22-14-5-3-13(4-6-14)17-15-11-19-10-7-16(15)24(23-17)18-20-8-2-9-21-18/h2-6,8-9,19H,7,10-11H2,1H3,(H,22,25). The Morgan fingerprint density at radius 2 is 1.96 bits per heavy atom. The second-order valence-electron chi connectivity index (χ2n) is 5.92. The van der Waals surface area contributed by atoms with Gasteiger partial charge in [-0.25, -0.2) is 14.6 Å². The van der Waals surface area contributed by atoms with Crippen LogP contribution in [0, 0.1) is 0 Å². The third kappa shape index (κ3) is 3.01. The third-order valence-electron chi connectivity index (χ3n) is 4.15. The van der Waals surface area contributed by atoms with E-state index in [1.807, 2.05) is 28.9 Å². The summed E-state index contributed by atoms with van der Waals surface area (Å²) in [5.74, 6) is 0.501. The van der Waals surface area contributed by atoms with Gasteiger partial charge in [0.2, 0.25) is 5.91 Å². The van der Waals surface area contributed by atoms with Crippen molar-refractivity contribution >= 4 is 11.6 Å². The molecule has 0 fully saturated rings. The normalized spacial score (nSPS) is 13.3. The van der Waals surface area contributed by atoms with Crippen molar-refractivity contribution in [2.75, 3.05) is 11.9 Å². The molecule has 0 saturated heterocycles. The molecule has 1 amide bonds. The highest BCUT2D eigenvalue weighted by atomic mass is 16.1. The summed E-state index contributed by atoms with van der Waals surface area (Å²) in [6.07, 6.45) is 4.32. The predicted molar refractivity (Wildman–Crippen MR) is 94.3 cm³/mol. The minimum atomic E-state index is -0.0835. The molecule has 1 aliphatic heterocycles. The fraction of sp³-hybridized carbons (Fsp3) is 0.222. The van der Waals surface area contributed by atoms with Crippen LogP contribution in [-0.2, 0) is 17.8 Å². The molecule has 1 aromatic carbocycles. The zero-order chi connectivity index (χ0) is 17.2. The zero-order valence-corrected chi connectivity index (χ0v) is 13.9. The molecule has 7 heteroatoms. The van der Waals surface area contributed by atoms with Gasteiger partial charge in [0.05, 0.1) is 11.4 Å².